The molecule has 4 aromatic rings. The second-order valence-corrected chi connectivity index (χ2v) is 10.4. The van der Waals surface area contributed by atoms with Crippen LogP contribution >= 0.6 is 11.6 Å². The fourth-order valence-electron chi connectivity index (χ4n) is 4.31. The number of hydrogen-bond donors (Lipinski definition) is 0. The second kappa shape index (κ2) is 8.31. The zero-order valence-electron chi connectivity index (χ0n) is 17.6. The molecule has 0 N–H and O–H groups in total. The molecule has 0 unspecified atom stereocenters. The van der Waals surface area contributed by atoms with Gasteiger partial charge in [-0.05, 0) is 56.2 Å². The Kier molecular flexibility index (Phi) is 5.49. The Labute approximate surface area is 192 Å². The molecule has 8 heteroatoms. The molecule has 1 saturated heterocycles. The average Bonchev–Trinajstić information content (AvgIpc) is 3.19. The number of sulfonamides is 1. The van der Waals surface area contributed by atoms with Crippen LogP contribution in [0, 0.1) is 6.92 Å². The highest BCUT2D eigenvalue weighted by molar-refractivity contribution is 7.89. The molecule has 1 aliphatic rings. The fourth-order valence-corrected chi connectivity index (χ4v) is 6.00. The Morgan fingerprint density at radius 3 is 2.41 bits per heavy atom. The van der Waals surface area contributed by atoms with Crippen molar-refractivity contribution in [3.05, 3.63) is 77.4 Å². The average molecular weight is 467 g/mol. The molecule has 2 aromatic carbocycles. The summed E-state index contributed by atoms with van der Waals surface area (Å²) in [5.74, 6) is 0.768. The van der Waals surface area contributed by atoms with Crippen molar-refractivity contribution >= 4 is 32.8 Å². The van der Waals surface area contributed by atoms with Gasteiger partial charge in [0, 0.05) is 30.9 Å². The van der Waals surface area contributed by atoms with Crippen LogP contribution in [-0.2, 0) is 10.0 Å². The maximum absolute atomic E-state index is 13.1. The molecule has 5 rings (SSSR count). The van der Waals surface area contributed by atoms with Gasteiger partial charge in [0.25, 0.3) is 0 Å². The minimum atomic E-state index is -3.51. The van der Waals surface area contributed by atoms with Gasteiger partial charge in [-0.3, -0.25) is 0 Å². The van der Waals surface area contributed by atoms with Gasteiger partial charge < -0.3 is 4.57 Å². The smallest absolute Gasteiger partial charge is 0.243 e. The first-order valence-corrected chi connectivity index (χ1v) is 12.4. The number of nitrogens with zero attached hydrogens (tertiary/aromatic N) is 4. The lowest BCUT2D eigenvalue weighted by Gasteiger charge is -2.32. The zero-order valence-corrected chi connectivity index (χ0v) is 19.2. The molecular weight excluding hydrogens is 444 g/mol. The topological polar surface area (TPSA) is 68.1 Å². The molecule has 1 fully saturated rings. The summed E-state index contributed by atoms with van der Waals surface area (Å²) in [6.07, 6.45) is 3.10. The van der Waals surface area contributed by atoms with Crippen LogP contribution < -0.4 is 0 Å². The fraction of sp³-hybridized carbons (Fsp3) is 0.250. The molecule has 6 nitrogen and oxygen atoms in total. The van der Waals surface area contributed by atoms with Gasteiger partial charge in [-0.1, -0.05) is 41.4 Å². The van der Waals surface area contributed by atoms with Crippen LogP contribution in [0.3, 0.4) is 0 Å². The third kappa shape index (κ3) is 3.70. The Morgan fingerprint density at radius 2 is 1.69 bits per heavy atom. The van der Waals surface area contributed by atoms with E-state index in [0.29, 0.717) is 35.8 Å². The monoisotopic (exact) mass is 466 g/mol. The van der Waals surface area contributed by atoms with Crippen LogP contribution in [0.2, 0.25) is 5.02 Å². The SMILES string of the molecule is Cc1ccc(S(=O)(=O)N2CCC(n3c(-c4ccccc4Cl)nc4cccnc43)CC2)cc1. The highest BCUT2D eigenvalue weighted by Crippen LogP contribution is 2.36. The number of aryl methyl sites for hydroxylation is 1. The molecule has 0 aliphatic carbocycles. The van der Waals surface area contributed by atoms with E-state index in [1.165, 1.54) is 0 Å². The van der Waals surface area contributed by atoms with E-state index in [9.17, 15) is 8.42 Å². The molecule has 0 bridgehead atoms. The van der Waals surface area contributed by atoms with E-state index in [-0.39, 0.29) is 6.04 Å². The van der Waals surface area contributed by atoms with Crippen molar-refractivity contribution in [2.75, 3.05) is 13.1 Å². The molecule has 3 heterocycles. The van der Waals surface area contributed by atoms with E-state index in [1.54, 1.807) is 22.6 Å². The summed E-state index contributed by atoms with van der Waals surface area (Å²) in [7, 11) is -3.51. The lowest BCUT2D eigenvalue weighted by molar-refractivity contribution is 0.278. The normalized spacial score (nSPS) is 15.9. The number of pyridine rings is 1. The summed E-state index contributed by atoms with van der Waals surface area (Å²) >= 11 is 6.50. The molecule has 0 saturated carbocycles. The molecule has 164 valence electrons. The molecule has 32 heavy (non-hydrogen) atoms. The van der Waals surface area contributed by atoms with E-state index in [4.69, 9.17) is 16.6 Å². The summed E-state index contributed by atoms with van der Waals surface area (Å²) in [5, 5.41) is 0.628. The van der Waals surface area contributed by atoms with E-state index in [0.717, 1.165) is 28.1 Å². The van der Waals surface area contributed by atoms with Gasteiger partial charge in [-0.25, -0.2) is 18.4 Å². The van der Waals surface area contributed by atoms with Gasteiger partial charge in [0.05, 0.1) is 9.92 Å². The predicted molar refractivity (Wildman–Crippen MR) is 126 cm³/mol. The second-order valence-electron chi connectivity index (χ2n) is 8.08. The highest BCUT2D eigenvalue weighted by atomic mass is 35.5. The van der Waals surface area contributed by atoms with Crippen LogP contribution in [0.15, 0.2) is 71.8 Å². The highest BCUT2D eigenvalue weighted by Gasteiger charge is 2.32. The molecule has 0 spiro atoms. The van der Waals surface area contributed by atoms with Crippen molar-refractivity contribution in [3.8, 4) is 11.4 Å². The number of fused-ring (bicyclic) bond motifs is 1. The third-order valence-electron chi connectivity index (χ3n) is 6.01. The number of piperidine rings is 1. The van der Waals surface area contributed by atoms with Crippen LogP contribution in [0.4, 0.5) is 0 Å². The number of halogens is 1. The van der Waals surface area contributed by atoms with Crippen molar-refractivity contribution in [1.82, 2.24) is 18.8 Å². The van der Waals surface area contributed by atoms with Crippen LogP contribution in [0.5, 0.6) is 0 Å². The van der Waals surface area contributed by atoms with E-state index in [2.05, 4.69) is 9.55 Å². The lowest BCUT2D eigenvalue weighted by atomic mass is 10.1. The van der Waals surface area contributed by atoms with Gasteiger partial charge in [-0.15, -0.1) is 0 Å². The first-order chi connectivity index (χ1) is 15.4. The van der Waals surface area contributed by atoms with Crippen molar-refractivity contribution in [3.63, 3.8) is 0 Å². The molecule has 2 aromatic heterocycles. The van der Waals surface area contributed by atoms with Crippen LogP contribution in [-0.4, -0.2) is 40.3 Å². The largest absolute Gasteiger partial charge is 0.305 e. The Morgan fingerprint density at radius 1 is 0.969 bits per heavy atom. The number of benzene rings is 2. The van der Waals surface area contributed by atoms with E-state index >= 15 is 0 Å². The summed E-state index contributed by atoms with van der Waals surface area (Å²) in [4.78, 5) is 9.75. The van der Waals surface area contributed by atoms with Crippen molar-refractivity contribution in [2.45, 2.75) is 30.7 Å². The first kappa shape index (κ1) is 21.1. The minimum absolute atomic E-state index is 0.0747. The maximum atomic E-state index is 13.1. The number of imidazole rings is 1. The summed E-state index contributed by atoms with van der Waals surface area (Å²) in [6, 6.07) is 18.5. The first-order valence-electron chi connectivity index (χ1n) is 10.6. The quantitative estimate of drug-likeness (QED) is 0.420. The number of hydrogen-bond acceptors (Lipinski definition) is 4. The van der Waals surface area contributed by atoms with Gasteiger partial charge >= 0.3 is 0 Å². The number of rotatable bonds is 4. The molecular formula is C24H23ClN4O2S. The van der Waals surface area contributed by atoms with E-state index in [1.807, 2.05) is 55.5 Å². The standard InChI is InChI=1S/C24H23ClN4O2S/c1-17-8-10-19(11-9-17)32(30,31)28-15-12-18(13-16-28)29-23(20-5-2-3-6-21(20)25)27-22-7-4-14-26-24(22)29/h2-11,14,18H,12-13,15-16H2,1H3. The summed E-state index contributed by atoms with van der Waals surface area (Å²) in [6.45, 7) is 2.83. The molecule has 0 amide bonds. The Bertz CT molecular complexity index is 1370. The van der Waals surface area contributed by atoms with Crippen molar-refractivity contribution in [1.29, 1.82) is 0 Å². The van der Waals surface area contributed by atoms with E-state index < -0.39 is 10.0 Å². The third-order valence-corrected chi connectivity index (χ3v) is 8.25. The minimum Gasteiger partial charge on any atom is -0.305 e. The number of aromatic nitrogens is 3. The molecule has 0 atom stereocenters. The Balaban J connectivity index is 1.47. The summed E-state index contributed by atoms with van der Waals surface area (Å²) < 4.78 is 29.9. The summed E-state index contributed by atoms with van der Waals surface area (Å²) in [5.41, 5.74) is 3.48. The van der Waals surface area contributed by atoms with Gasteiger partial charge in [0.2, 0.25) is 10.0 Å². The predicted octanol–water partition coefficient (Wildman–Crippen LogP) is 5.09. The maximum Gasteiger partial charge on any atom is 0.243 e. The van der Waals surface area contributed by atoms with Crippen LogP contribution in [0.1, 0.15) is 24.4 Å². The van der Waals surface area contributed by atoms with Crippen molar-refractivity contribution < 1.29 is 8.42 Å². The zero-order chi connectivity index (χ0) is 22.3. The van der Waals surface area contributed by atoms with Gasteiger partial charge in [0.1, 0.15) is 11.3 Å². The molecule has 1 aliphatic heterocycles. The molecule has 0 radical (unpaired) electrons. The van der Waals surface area contributed by atoms with Gasteiger partial charge in [-0.2, -0.15) is 4.31 Å². The van der Waals surface area contributed by atoms with Gasteiger partial charge in [0.15, 0.2) is 5.65 Å². The van der Waals surface area contributed by atoms with Crippen LogP contribution in [0.25, 0.3) is 22.6 Å². The Hall–Kier alpha value is -2.74. The van der Waals surface area contributed by atoms with Crippen molar-refractivity contribution in [2.24, 2.45) is 0 Å². The lowest BCUT2D eigenvalue weighted by Crippen LogP contribution is -2.39.